The summed E-state index contributed by atoms with van der Waals surface area (Å²) in [6.07, 6.45) is 0.925. The van der Waals surface area contributed by atoms with Crippen LogP contribution >= 0.6 is 0 Å². The molecule has 4 heteroatoms. The van der Waals surface area contributed by atoms with Gasteiger partial charge < -0.3 is 15.4 Å². The molecule has 1 amide bonds. The van der Waals surface area contributed by atoms with Crippen LogP contribution in [0.3, 0.4) is 0 Å². The maximum atomic E-state index is 12.3. The van der Waals surface area contributed by atoms with Crippen molar-refractivity contribution in [2.24, 2.45) is 0 Å². The lowest BCUT2D eigenvalue weighted by molar-refractivity contribution is -0.116. The van der Waals surface area contributed by atoms with Gasteiger partial charge in [-0.3, -0.25) is 4.79 Å². The van der Waals surface area contributed by atoms with E-state index in [0.717, 1.165) is 35.7 Å². The van der Waals surface area contributed by atoms with Crippen LogP contribution in [0.15, 0.2) is 42.5 Å². The molecule has 3 rings (SSSR count). The molecule has 2 aromatic carbocycles. The normalized spacial score (nSPS) is 13.9. The molecule has 22 heavy (non-hydrogen) atoms. The first-order valence-electron chi connectivity index (χ1n) is 7.52. The SMILES string of the molecule is Cc1ccccc1NC(=O)C(C)Nc1ccc2c(c1)CCO2. The maximum Gasteiger partial charge on any atom is 0.246 e. The lowest BCUT2D eigenvalue weighted by atomic mass is 10.1. The Balaban J connectivity index is 1.65. The van der Waals surface area contributed by atoms with E-state index in [9.17, 15) is 4.79 Å². The number of nitrogens with one attached hydrogen (secondary N) is 2. The molecular formula is C18H20N2O2. The van der Waals surface area contributed by atoms with Crippen molar-refractivity contribution in [1.29, 1.82) is 0 Å². The summed E-state index contributed by atoms with van der Waals surface area (Å²) in [4.78, 5) is 12.3. The lowest BCUT2D eigenvalue weighted by Gasteiger charge is -2.16. The van der Waals surface area contributed by atoms with E-state index >= 15 is 0 Å². The molecular weight excluding hydrogens is 276 g/mol. The second-order valence-electron chi connectivity index (χ2n) is 5.59. The van der Waals surface area contributed by atoms with Gasteiger partial charge >= 0.3 is 0 Å². The zero-order chi connectivity index (χ0) is 15.5. The first kappa shape index (κ1) is 14.4. The predicted octanol–water partition coefficient (Wildman–Crippen LogP) is 3.37. The zero-order valence-electron chi connectivity index (χ0n) is 12.8. The van der Waals surface area contributed by atoms with Crippen molar-refractivity contribution >= 4 is 17.3 Å². The van der Waals surface area contributed by atoms with E-state index in [2.05, 4.69) is 16.7 Å². The van der Waals surface area contributed by atoms with E-state index in [4.69, 9.17) is 4.74 Å². The van der Waals surface area contributed by atoms with Gasteiger partial charge in [0.25, 0.3) is 0 Å². The fourth-order valence-electron chi connectivity index (χ4n) is 2.55. The summed E-state index contributed by atoms with van der Waals surface area (Å²) < 4.78 is 5.49. The average molecular weight is 296 g/mol. The molecule has 0 bridgehead atoms. The number of benzene rings is 2. The summed E-state index contributed by atoms with van der Waals surface area (Å²) >= 11 is 0. The number of para-hydroxylation sites is 1. The predicted molar refractivity (Wildman–Crippen MR) is 88.5 cm³/mol. The van der Waals surface area contributed by atoms with Crippen LogP contribution in [0.25, 0.3) is 0 Å². The first-order valence-corrected chi connectivity index (χ1v) is 7.52. The second kappa shape index (κ2) is 6.10. The van der Waals surface area contributed by atoms with Crippen molar-refractivity contribution < 1.29 is 9.53 Å². The van der Waals surface area contributed by atoms with Gasteiger partial charge in [-0.15, -0.1) is 0 Å². The van der Waals surface area contributed by atoms with Crippen LogP contribution in [0.2, 0.25) is 0 Å². The monoisotopic (exact) mass is 296 g/mol. The van der Waals surface area contributed by atoms with E-state index in [1.54, 1.807) is 0 Å². The quantitative estimate of drug-likeness (QED) is 0.909. The number of rotatable bonds is 4. The van der Waals surface area contributed by atoms with Crippen molar-refractivity contribution in [2.75, 3.05) is 17.2 Å². The molecule has 2 N–H and O–H groups in total. The van der Waals surface area contributed by atoms with Crippen LogP contribution in [0.4, 0.5) is 11.4 Å². The van der Waals surface area contributed by atoms with Crippen LogP contribution in [0, 0.1) is 6.92 Å². The van der Waals surface area contributed by atoms with Crippen LogP contribution in [0.1, 0.15) is 18.1 Å². The molecule has 0 aliphatic carbocycles. The lowest BCUT2D eigenvalue weighted by Crippen LogP contribution is -2.32. The molecule has 4 nitrogen and oxygen atoms in total. The molecule has 1 aliphatic heterocycles. The smallest absolute Gasteiger partial charge is 0.246 e. The Bertz CT molecular complexity index is 697. The molecule has 1 aliphatic rings. The molecule has 1 heterocycles. The molecule has 1 unspecified atom stereocenters. The standard InChI is InChI=1S/C18H20N2O2/c1-12-5-3-4-6-16(12)20-18(21)13(2)19-15-7-8-17-14(11-15)9-10-22-17/h3-8,11,13,19H,9-10H2,1-2H3,(H,20,21). The molecule has 2 aromatic rings. The van der Waals surface area contributed by atoms with Crippen molar-refractivity contribution in [3.8, 4) is 5.75 Å². The Labute approximate surface area is 130 Å². The van der Waals surface area contributed by atoms with Crippen LogP contribution in [-0.4, -0.2) is 18.6 Å². The van der Waals surface area contributed by atoms with Crippen LogP contribution < -0.4 is 15.4 Å². The van der Waals surface area contributed by atoms with E-state index in [0.29, 0.717) is 0 Å². The number of fused-ring (bicyclic) bond motifs is 1. The van der Waals surface area contributed by atoms with Gasteiger partial charge in [0, 0.05) is 17.8 Å². The Morgan fingerprint density at radius 1 is 1.23 bits per heavy atom. The van der Waals surface area contributed by atoms with Gasteiger partial charge in [0.15, 0.2) is 0 Å². The minimum atomic E-state index is -0.319. The van der Waals surface area contributed by atoms with Crippen molar-refractivity contribution in [3.63, 3.8) is 0 Å². The number of ether oxygens (including phenoxy) is 1. The Kier molecular flexibility index (Phi) is 4.00. The van der Waals surface area contributed by atoms with Gasteiger partial charge in [-0.1, -0.05) is 18.2 Å². The zero-order valence-corrected chi connectivity index (χ0v) is 12.8. The van der Waals surface area contributed by atoms with Gasteiger partial charge in [-0.2, -0.15) is 0 Å². The highest BCUT2D eigenvalue weighted by Gasteiger charge is 2.16. The van der Waals surface area contributed by atoms with E-state index < -0.39 is 0 Å². The largest absolute Gasteiger partial charge is 0.493 e. The fraction of sp³-hybridized carbons (Fsp3) is 0.278. The van der Waals surface area contributed by atoms with Gasteiger partial charge in [0.2, 0.25) is 5.91 Å². The summed E-state index contributed by atoms with van der Waals surface area (Å²) in [6.45, 7) is 4.58. The summed E-state index contributed by atoms with van der Waals surface area (Å²) in [5.74, 6) is 0.897. The topological polar surface area (TPSA) is 50.4 Å². The highest BCUT2D eigenvalue weighted by atomic mass is 16.5. The summed E-state index contributed by atoms with van der Waals surface area (Å²) in [5, 5.41) is 6.20. The second-order valence-corrected chi connectivity index (χ2v) is 5.59. The number of hydrogen-bond donors (Lipinski definition) is 2. The first-order chi connectivity index (χ1) is 10.6. The third-order valence-electron chi connectivity index (χ3n) is 3.87. The summed E-state index contributed by atoms with van der Waals surface area (Å²) in [6, 6.07) is 13.4. The average Bonchev–Trinajstić information content (AvgIpc) is 2.97. The molecule has 114 valence electrons. The van der Waals surface area contributed by atoms with Gasteiger partial charge in [0.05, 0.1) is 6.61 Å². The van der Waals surface area contributed by atoms with E-state index in [-0.39, 0.29) is 11.9 Å². The van der Waals surface area contributed by atoms with Crippen LogP contribution in [0.5, 0.6) is 5.75 Å². The Hall–Kier alpha value is -2.49. The Morgan fingerprint density at radius 3 is 2.86 bits per heavy atom. The minimum absolute atomic E-state index is 0.0500. The molecule has 0 spiro atoms. The van der Waals surface area contributed by atoms with E-state index in [1.165, 1.54) is 5.56 Å². The van der Waals surface area contributed by atoms with E-state index in [1.807, 2.05) is 50.2 Å². The third-order valence-corrected chi connectivity index (χ3v) is 3.87. The van der Waals surface area contributed by atoms with Gasteiger partial charge in [-0.05, 0) is 49.2 Å². The molecule has 0 radical (unpaired) electrons. The molecule has 0 saturated carbocycles. The van der Waals surface area contributed by atoms with Crippen molar-refractivity contribution in [3.05, 3.63) is 53.6 Å². The highest BCUT2D eigenvalue weighted by molar-refractivity contribution is 5.96. The number of anilines is 2. The molecule has 0 aromatic heterocycles. The van der Waals surface area contributed by atoms with Crippen molar-refractivity contribution in [1.82, 2.24) is 0 Å². The number of carbonyl (C=O) groups excluding carboxylic acids is 1. The maximum absolute atomic E-state index is 12.3. The molecule has 0 fully saturated rings. The molecule has 0 saturated heterocycles. The third kappa shape index (κ3) is 3.06. The van der Waals surface area contributed by atoms with Gasteiger partial charge in [-0.25, -0.2) is 0 Å². The molecule has 1 atom stereocenters. The summed E-state index contributed by atoms with van der Waals surface area (Å²) in [5.41, 5.74) is 4.04. The number of aryl methyl sites for hydroxylation is 1. The summed E-state index contributed by atoms with van der Waals surface area (Å²) in [7, 11) is 0. The minimum Gasteiger partial charge on any atom is -0.493 e. The number of amides is 1. The number of carbonyl (C=O) groups is 1. The van der Waals surface area contributed by atoms with Crippen LogP contribution in [-0.2, 0) is 11.2 Å². The Morgan fingerprint density at radius 2 is 2.05 bits per heavy atom. The van der Waals surface area contributed by atoms with Gasteiger partial charge in [0.1, 0.15) is 11.8 Å². The highest BCUT2D eigenvalue weighted by Crippen LogP contribution is 2.28. The fourth-order valence-corrected chi connectivity index (χ4v) is 2.55. The number of hydrogen-bond acceptors (Lipinski definition) is 3. The van der Waals surface area contributed by atoms with Crippen molar-refractivity contribution in [2.45, 2.75) is 26.3 Å².